The molecule has 1 aromatic carbocycles. The number of carbonyl (C=O) groups excluding carboxylic acids is 2. The van der Waals surface area contributed by atoms with Crippen LogP contribution >= 0.6 is 0 Å². The van der Waals surface area contributed by atoms with E-state index in [0.717, 1.165) is 18.4 Å². The van der Waals surface area contributed by atoms with Crippen molar-refractivity contribution in [2.24, 2.45) is 5.92 Å². The zero-order valence-corrected chi connectivity index (χ0v) is 14.1. The van der Waals surface area contributed by atoms with Crippen LogP contribution in [0.5, 0.6) is 0 Å². The van der Waals surface area contributed by atoms with Gasteiger partial charge in [0.25, 0.3) is 5.91 Å². The molecule has 1 aromatic rings. The molecule has 0 radical (unpaired) electrons. The van der Waals surface area contributed by atoms with Crippen molar-refractivity contribution in [3.05, 3.63) is 42.0 Å². The maximum Gasteiger partial charge on any atom is 0.254 e. The standard InChI is InChI=1S/C17H21NO2.C2H6/c1-4-14-7-5-6-8-16(14)17(20)18-11-15(13(3)19)10-9-12(18)2;1-2/h4-8,12,15H,1,9-11H2,2-3H3;1-2H3/t12-,15+;/m1./s1. The van der Waals surface area contributed by atoms with Gasteiger partial charge in [-0.3, -0.25) is 9.59 Å². The number of amides is 1. The summed E-state index contributed by atoms with van der Waals surface area (Å²) in [6.07, 6.45) is 3.46. The summed E-state index contributed by atoms with van der Waals surface area (Å²) < 4.78 is 0. The van der Waals surface area contributed by atoms with E-state index in [1.165, 1.54) is 0 Å². The molecule has 2 rings (SSSR count). The number of ketones is 1. The second kappa shape index (κ2) is 8.52. The lowest BCUT2D eigenvalue weighted by molar-refractivity contribution is -0.122. The van der Waals surface area contributed by atoms with Crippen LogP contribution in [0, 0.1) is 5.92 Å². The Kier molecular flexibility index (Phi) is 7.03. The van der Waals surface area contributed by atoms with Crippen LogP contribution in [-0.4, -0.2) is 29.2 Å². The van der Waals surface area contributed by atoms with Gasteiger partial charge in [0.2, 0.25) is 0 Å². The molecule has 1 fully saturated rings. The van der Waals surface area contributed by atoms with E-state index in [9.17, 15) is 9.59 Å². The van der Waals surface area contributed by atoms with Gasteiger partial charge in [0.05, 0.1) is 0 Å². The molecule has 1 amide bonds. The van der Waals surface area contributed by atoms with Crippen molar-refractivity contribution in [1.82, 2.24) is 4.90 Å². The van der Waals surface area contributed by atoms with E-state index in [1.807, 2.05) is 49.9 Å². The van der Waals surface area contributed by atoms with Crippen LogP contribution in [0.3, 0.4) is 0 Å². The summed E-state index contributed by atoms with van der Waals surface area (Å²) in [4.78, 5) is 26.1. The number of Topliss-reactive ketones (excluding diaryl/α,β-unsaturated/α-hetero) is 1. The highest BCUT2D eigenvalue weighted by Gasteiger charge is 2.31. The molecule has 1 heterocycles. The van der Waals surface area contributed by atoms with E-state index in [2.05, 4.69) is 6.58 Å². The Balaban J connectivity index is 0.00000116. The predicted molar refractivity (Wildman–Crippen MR) is 91.8 cm³/mol. The summed E-state index contributed by atoms with van der Waals surface area (Å²) in [7, 11) is 0. The summed E-state index contributed by atoms with van der Waals surface area (Å²) in [6, 6.07) is 7.64. The van der Waals surface area contributed by atoms with Crippen molar-refractivity contribution in [2.75, 3.05) is 6.54 Å². The van der Waals surface area contributed by atoms with E-state index >= 15 is 0 Å². The number of nitrogens with zero attached hydrogens (tertiary/aromatic N) is 1. The van der Waals surface area contributed by atoms with E-state index in [-0.39, 0.29) is 23.7 Å². The van der Waals surface area contributed by atoms with Gasteiger partial charge in [0.15, 0.2) is 0 Å². The first-order valence-electron chi connectivity index (χ1n) is 8.07. The lowest BCUT2D eigenvalue weighted by atomic mass is 9.90. The van der Waals surface area contributed by atoms with E-state index in [4.69, 9.17) is 0 Å². The zero-order valence-electron chi connectivity index (χ0n) is 14.1. The zero-order chi connectivity index (χ0) is 16.7. The van der Waals surface area contributed by atoms with Gasteiger partial charge in [0.1, 0.15) is 5.78 Å². The summed E-state index contributed by atoms with van der Waals surface area (Å²) in [5.74, 6) is 0.150. The van der Waals surface area contributed by atoms with Crippen molar-refractivity contribution in [1.29, 1.82) is 0 Å². The molecular formula is C19H27NO2. The number of rotatable bonds is 3. The molecule has 0 spiro atoms. The molecule has 0 aliphatic carbocycles. The first-order chi connectivity index (χ1) is 10.5. The number of hydrogen-bond acceptors (Lipinski definition) is 2. The van der Waals surface area contributed by atoms with Gasteiger partial charge >= 0.3 is 0 Å². The van der Waals surface area contributed by atoms with Gasteiger partial charge in [-0.2, -0.15) is 0 Å². The highest BCUT2D eigenvalue weighted by atomic mass is 16.2. The van der Waals surface area contributed by atoms with Gasteiger partial charge in [-0.25, -0.2) is 0 Å². The molecule has 120 valence electrons. The molecule has 2 atom stereocenters. The number of carbonyl (C=O) groups is 2. The highest BCUT2D eigenvalue weighted by molar-refractivity contribution is 5.98. The van der Waals surface area contributed by atoms with Gasteiger partial charge in [-0.15, -0.1) is 0 Å². The summed E-state index contributed by atoms with van der Waals surface area (Å²) in [6.45, 7) is 11.9. The van der Waals surface area contributed by atoms with Crippen LogP contribution in [-0.2, 0) is 4.79 Å². The van der Waals surface area contributed by atoms with Crippen molar-refractivity contribution < 1.29 is 9.59 Å². The second-order valence-corrected chi connectivity index (χ2v) is 5.48. The molecule has 22 heavy (non-hydrogen) atoms. The first-order valence-corrected chi connectivity index (χ1v) is 8.07. The molecule has 1 aliphatic rings. The monoisotopic (exact) mass is 301 g/mol. The molecule has 0 aromatic heterocycles. The Morgan fingerprint density at radius 1 is 1.23 bits per heavy atom. The van der Waals surface area contributed by atoms with Crippen LogP contribution in [0.2, 0.25) is 0 Å². The molecule has 0 bridgehead atoms. The molecule has 0 unspecified atom stereocenters. The average molecular weight is 301 g/mol. The topological polar surface area (TPSA) is 37.4 Å². The van der Waals surface area contributed by atoms with Crippen LogP contribution < -0.4 is 0 Å². The molecule has 1 aliphatic heterocycles. The fourth-order valence-electron chi connectivity index (χ4n) is 2.75. The Hall–Kier alpha value is -1.90. The smallest absolute Gasteiger partial charge is 0.254 e. The van der Waals surface area contributed by atoms with Gasteiger partial charge in [0, 0.05) is 24.1 Å². The second-order valence-electron chi connectivity index (χ2n) is 5.48. The van der Waals surface area contributed by atoms with Crippen LogP contribution in [0.1, 0.15) is 56.5 Å². The molecule has 0 saturated carbocycles. The summed E-state index contributed by atoms with van der Waals surface area (Å²) in [5, 5.41) is 0. The van der Waals surface area contributed by atoms with Crippen molar-refractivity contribution in [3.8, 4) is 0 Å². The van der Waals surface area contributed by atoms with Crippen LogP contribution in [0.15, 0.2) is 30.8 Å². The van der Waals surface area contributed by atoms with Crippen molar-refractivity contribution in [2.45, 2.75) is 46.6 Å². The number of hydrogen-bond donors (Lipinski definition) is 0. The third-order valence-electron chi connectivity index (χ3n) is 4.13. The SMILES string of the molecule is C=Cc1ccccc1C(=O)N1C[C@@H](C(C)=O)CC[C@H]1C.CC. The van der Waals surface area contributed by atoms with E-state index in [0.29, 0.717) is 12.1 Å². The third kappa shape index (κ3) is 4.06. The maximum atomic E-state index is 12.7. The largest absolute Gasteiger partial charge is 0.335 e. The predicted octanol–water partition coefficient (Wildman–Crippen LogP) is 4.19. The quantitative estimate of drug-likeness (QED) is 0.839. The minimum Gasteiger partial charge on any atom is -0.335 e. The summed E-state index contributed by atoms with van der Waals surface area (Å²) >= 11 is 0. The molecule has 3 heteroatoms. The number of piperidine rings is 1. The Bertz CT molecular complexity index is 536. The van der Waals surface area contributed by atoms with E-state index in [1.54, 1.807) is 13.0 Å². The van der Waals surface area contributed by atoms with Gasteiger partial charge < -0.3 is 4.90 Å². The number of benzene rings is 1. The maximum absolute atomic E-state index is 12.7. The summed E-state index contributed by atoms with van der Waals surface area (Å²) in [5.41, 5.74) is 1.51. The minimum absolute atomic E-state index is 0.000972. The normalized spacial score (nSPS) is 20.6. The van der Waals surface area contributed by atoms with Crippen molar-refractivity contribution in [3.63, 3.8) is 0 Å². The van der Waals surface area contributed by atoms with Crippen molar-refractivity contribution >= 4 is 17.8 Å². The Morgan fingerprint density at radius 3 is 2.45 bits per heavy atom. The lowest BCUT2D eigenvalue weighted by Gasteiger charge is -2.37. The average Bonchev–Trinajstić information content (AvgIpc) is 2.56. The highest BCUT2D eigenvalue weighted by Crippen LogP contribution is 2.25. The lowest BCUT2D eigenvalue weighted by Crippen LogP contribution is -2.47. The van der Waals surface area contributed by atoms with Gasteiger partial charge in [-0.05, 0) is 38.3 Å². The molecule has 1 saturated heterocycles. The van der Waals surface area contributed by atoms with Gasteiger partial charge in [-0.1, -0.05) is 44.7 Å². The van der Waals surface area contributed by atoms with Crippen LogP contribution in [0.25, 0.3) is 6.08 Å². The first kappa shape index (κ1) is 18.1. The van der Waals surface area contributed by atoms with Crippen LogP contribution in [0.4, 0.5) is 0 Å². The molecule has 0 N–H and O–H groups in total. The fraction of sp³-hybridized carbons (Fsp3) is 0.474. The minimum atomic E-state index is -0.0222. The molecule has 3 nitrogen and oxygen atoms in total. The molecular weight excluding hydrogens is 274 g/mol. The third-order valence-corrected chi connectivity index (χ3v) is 4.13. The fourth-order valence-corrected chi connectivity index (χ4v) is 2.75. The Labute approximate surface area is 134 Å². The number of likely N-dealkylation sites (tertiary alicyclic amines) is 1. The Morgan fingerprint density at radius 2 is 1.86 bits per heavy atom. The van der Waals surface area contributed by atoms with E-state index < -0.39 is 0 Å².